The highest BCUT2D eigenvalue weighted by Gasteiger charge is 2.44. The summed E-state index contributed by atoms with van der Waals surface area (Å²) in [7, 11) is -1.97. The average Bonchev–Trinajstić information content (AvgIpc) is 3.05. The molecule has 1 amide bonds. The normalized spacial score (nSPS) is 17.0. The lowest BCUT2D eigenvalue weighted by Gasteiger charge is -2.40. The second-order valence-electron chi connectivity index (χ2n) is 6.42. The van der Waals surface area contributed by atoms with Gasteiger partial charge in [0.1, 0.15) is 5.25 Å². The van der Waals surface area contributed by atoms with Crippen molar-refractivity contribution in [3.8, 4) is 5.88 Å². The van der Waals surface area contributed by atoms with E-state index in [1.54, 1.807) is 12.1 Å². The quantitative estimate of drug-likeness (QED) is 0.807. The van der Waals surface area contributed by atoms with E-state index < -0.39 is 15.3 Å². The van der Waals surface area contributed by atoms with Crippen LogP contribution < -0.4 is 9.04 Å². The Hall–Kier alpha value is -2.61. The fraction of sp³-hybridized carbons (Fsp3) is 0.333. The minimum absolute atomic E-state index is 0.200. The average molecular weight is 373 g/mol. The molecule has 1 aromatic heterocycles. The number of carbonyl (C=O) groups is 1. The van der Waals surface area contributed by atoms with Gasteiger partial charge in [-0.15, -0.1) is 0 Å². The molecule has 2 aromatic rings. The molecule has 2 aliphatic rings. The number of carbonyl (C=O) groups excluding carboxylic acids is 1. The minimum atomic E-state index is -3.47. The first-order valence-electron chi connectivity index (χ1n) is 8.39. The number of pyridine rings is 1. The van der Waals surface area contributed by atoms with E-state index in [1.165, 1.54) is 22.5 Å². The van der Waals surface area contributed by atoms with Crippen LogP contribution in [0.15, 0.2) is 42.6 Å². The van der Waals surface area contributed by atoms with Gasteiger partial charge >= 0.3 is 0 Å². The number of nitrogens with zero attached hydrogens (tertiary/aromatic N) is 3. The van der Waals surface area contributed by atoms with Gasteiger partial charge in [0.15, 0.2) is 0 Å². The zero-order chi connectivity index (χ0) is 18.3. The molecule has 0 aliphatic carbocycles. The summed E-state index contributed by atoms with van der Waals surface area (Å²) < 4.78 is 32.3. The maximum atomic E-state index is 12.9. The van der Waals surface area contributed by atoms with Crippen LogP contribution in [0, 0.1) is 0 Å². The first-order valence-corrected chi connectivity index (χ1v) is 9.90. The van der Waals surface area contributed by atoms with Gasteiger partial charge in [-0.1, -0.05) is 18.2 Å². The molecule has 26 heavy (non-hydrogen) atoms. The van der Waals surface area contributed by atoms with Crippen molar-refractivity contribution >= 4 is 21.6 Å². The molecule has 1 aromatic carbocycles. The number of para-hydroxylation sites is 1. The number of amides is 1. The standard InChI is InChI=1S/C18H19N3O4S/c1-25-17-7-6-14(10-19-17)18(22)20-11-15(12-20)26(23,24)21-9-8-13-4-2-3-5-16(13)21/h2-7,10,15H,8-9,11-12H2,1H3. The van der Waals surface area contributed by atoms with Crippen molar-refractivity contribution in [2.75, 3.05) is 31.0 Å². The largest absolute Gasteiger partial charge is 0.481 e. The molecule has 0 bridgehead atoms. The summed E-state index contributed by atoms with van der Waals surface area (Å²) in [6, 6.07) is 10.8. The zero-order valence-electron chi connectivity index (χ0n) is 14.3. The molecule has 0 spiro atoms. The Labute approximate surface area is 152 Å². The lowest BCUT2D eigenvalue weighted by Crippen LogP contribution is -2.59. The Morgan fingerprint density at radius 3 is 2.65 bits per heavy atom. The van der Waals surface area contributed by atoms with Crippen LogP contribution in [0.1, 0.15) is 15.9 Å². The van der Waals surface area contributed by atoms with Crippen molar-refractivity contribution in [2.24, 2.45) is 0 Å². The van der Waals surface area contributed by atoms with E-state index >= 15 is 0 Å². The molecule has 136 valence electrons. The van der Waals surface area contributed by atoms with E-state index in [2.05, 4.69) is 4.98 Å². The molecule has 7 nitrogen and oxygen atoms in total. The monoisotopic (exact) mass is 373 g/mol. The number of fused-ring (bicyclic) bond motifs is 1. The van der Waals surface area contributed by atoms with E-state index in [0.29, 0.717) is 18.0 Å². The maximum absolute atomic E-state index is 12.9. The fourth-order valence-electron chi connectivity index (χ4n) is 3.35. The van der Waals surface area contributed by atoms with Gasteiger partial charge in [0, 0.05) is 31.9 Å². The summed E-state index contributed by atoms with van der Waals surface area (Å²) in [5, 5.41) is -0.566. The second-order valence-corrected chi connectivity index (χ2v) is 8.55. The molecule has 1 fully saturated rings. The van der Waals surface area contributed by atoms with Crippen LogP contribution in [-0.2, 0) is 16.4 Å². The molecule has 2 aliphatic heterocycles. The molecular formula is C18H19N3O4S. The van der Waals surface area contributed by atoms with Gasteiger partial charge in [-0.25, -0.2) is 13.4 Å². The Kier molecular flexibility index (Phi) is 4.07. The number of likely N-dealkylation sites (tertiary alicyclic amines) is 1. The number of sulfonamides is 1. The fourth-order valence-corrected chi connectivity index (χ4v) is 5.25. The SMILES string of the molecule is COc1ccc(C(=O)N2CC(S(=O)(=O)N3CCc4ccccc43)C2)cn1. The smallest absolute Gasteiger partial charge is 0.255 e. The van der Waals surface area contributed by atoms with Crippen molar-refractivity contribution in [3.05, 3.63) is 53.7 Å². The number of anilines is 1. The maximum Gasteiger partial charge on any atom is 0.255 e. The zero-order valence-corrected chi connectivity index (χ0v) is 15.1. The first-order chi connectivity index (χ1) is 12.5. The lowest BCUT2D eigenvalue weighted by atomic mass is 10.1. The highest BCUT2D eigenvalue weighted by Crippen LogP contribution is 2.33. The minimum Gasteiger partial charge on any atom is -0.481 e. The van der Waals surface area contributed by atoms with Crippen LogP contribution in [0.2, 0.25) is 0 Å². The van der Waals surface area contributed by atoms with Crippen molar-refractivity contribution in [1.82, 2.24) is 9.88 Å². The number of benzene rings is 1. The molecule has 8 heteroatoms. The Bertz CT molecular complexity index is 937. The number of methoxy groups -OCH3 is 1. The van der Waals surface area contributed by atoms with E-state index in [9.17, 15) is 13.2 Å². The number of aromatic nitrogens is 1. The van der Waals surface area contributed by atoms with Crippen LogP contribution in [0.4, 0.5) is 5.69 Å². The van der Waals surface area contributed by atoms with Crippen LogP contribution in [-0.4, -0.2) is 56.2 Å². The summed E-state index contributed by atoms with van der Waals surface area (Å²) in [5.41, 5.74) is 2.23. The highest BCUT2D eigenvalue weighted by molar-refractivity contribution is 7.93. The van der Waals surface area contributed by atoms with Crippen molar-refractivity contribution in [3.63, 3.8) is 0 Å². The molecule has 1 saturated heterocycles. The van der Waals surface area contributed by atoms with Crippen molar-refractivity contribution < 1.29 is 17.9 Å². The van der Waals surface area contributed by atoms with Crippen LogP contribution >= 0.6 is 0 Å². The Morgan fingerprint density at radius 1 is 1.19 bits per heavy atom. The van der Waals surface area contributed by atoms with Gasteiger partial charge in [-0.2, -0.15) is 0 Å². The van der Waals surface area contributed by atoms with Crippen LogP contribution in [0.25, 0.3) is 0 Å². The molecule has 4 rings (SSSR count). The number of rotatable bonds is 4. The van der Waals surface area contributed by atoms with Crippen molar-refractivity contribution in [1.29, 1.82) is 0 Å². The lowest BCUT2D eigenvalue weighted by molar-refractivity contribution is 0.0658. The topological polar surface area (TPSA) is 79.8 Å². The summed E-state index contributed by atoms with van der Waals surface area (Å²) in [4.78, 5) is 18.0. The van der Waals surface area contributed by atoms with Gasteiger partial charge in [-0.3, -0.25) is 9.10 Å². The molecule has 0 radical (unpaired) electrons. The predicted molar refractivity (Wildman–Crippen MR) is 96.9 cm³/mol. The number of hydrogen-bond acceptors (Lipinski definition) is 5. The van der Waals surface area contributed by atoms with Crippen molar-refractivity contribution in [2.45, 2.75) is 11.7 Å². The summed E-state index contributed by atoms with van der Waals surface area (Å²) >= 11 is 0. The molecule has 3 heterocycles. The molecule has 0 N–H and O–H groups in total. The number of ether oxygens (including phenoxy) is 1. The summed E-state index contributed by atoms with van der Waals surface area (Å²) in [6.45, 7) is 0.867. The first kappa shape index (κ1) is 16.8. The molecule has 0 atom stereocenters. The van der Waals surface area contributed by atoms with E-state index in [-0.39, 0.29) is 19.0 Å². The van der Waals surface area contributed by atoms with Gasteiger partial charge in [-0.05, 0) is 24.1 Å². The number of hydrogen-bond donors (Lipinski definition) is 0. The third-order valence-corrected chi connectivity index (χ3v) is 7.03. The predicted octanol–water partition coefficient (Wildman–Crippen LogP) is 1.31. The van der Waals surface area contributed by atoms with Gasteiger partial charge in [0.2, 0.25) is 15.9 Å². The molecule has 0 unspecified atom stereocenters. The summed E-state index contributed by atoms with van der Waals surface area (Å²) in [5.74, 6) is 0.215. The molecular weight excluding hydrogens is 354 g/mol. The Morgan fingerprint density at radius 2 is 1.96 bits per heavy atom. The highest BCUT2D eigenvalue weighted by atomic mass is 32.2. The summed E-state index contributed by atoms with van der Waals surface area (Å²) in [6.07, 6.45) is 2.17. The van der Waals surface area contributed by atoms with E-state index in [4.69, 9.17) is 4.74 Å². The third-order valence-electron chi connectivity index (χ3n) is 4.90. The molecule has 0 saturated carbocycles. The van der Waals surface area contributed by atoms with E-state index in [0.717, 1.165) is 17.7 Å². The van der Waals surface area contributed by atoms with E-state index in [1.807, 2.05) is 24.3 Å². The van der Waals surface area contributed by atoms with Gasteiger partial charge in [0.05, 0.1) is 18.4 Å². The van der Waals surface area contributed by atoms with Crippen LogP contribution in [0.3, 0.4) is 0 Å². The van der Waals surface area contributed by atoms with Gasteiger partial charge in [0.25, 0.3) is 5.91 Å². The second kappa shape index (κ2) is 6.28. The van der Waals surface area contributed by atoms with Gasteiger partial charge < -0.3 is 9.64 Å². The third kappa shape index (κ3) is 2.70. The van der Waals surface area contributed by atoms with Crippen LogP contribution in [0.5, 0.6) is 5.88 Å². The Balaban J connectivity index is 1.45.